The van der Waals surface area contributed by atoms with Crippen molar-refractivity contribution in [2.45, 2.75) is 18.0 Å². The minimum absolute atomic E-state index is 0.0687. The smallest absolute Gasteiger partial charge is 0.262 e. The molecule has 2 unspecified atom stereocenters. The highest BCUT2D eigenvalue weighted by Gasteiger charge is 2.45. The number of rotatable bonds is 3. The van der Waals surface area contributed by atoms with Crippen LogP contribution in [0.3, 0.4) is 0 Å². The maximum atomic E-state index is 13.5. The summed E-state index contributed by atoms with van der Waals surface area (Å²) in [6, 6.07) is 6.52. The van der Waals surface area contributed by atoms with Crippen LogP contribution >= 0.6 is 28.1 Å². The molecular formula is C12H12BrF2NOS. The fourth-order valence-electron chi connectivity index (χ4n) is 2.02. The Kier molecular flexibility index (Phi) is 4.42. The lowest BCUT2D eigenvalue weighted by atomic mass is 9.89. The van der Waals surface area contributed by atoms with Crippen LogP contribution in [0.1, 0.15) is 5.56 Å². The predicted molar refractivity (Wildman–Crippen MR) is 73.2 cm³/mol. The van der Waals surface area contributed by atoms with Crippen LogP contribution in [0.15, 0.2) is 28.7 Å². The second kappa shape index (κ2) is 5.69. The number of benzene rings is 1. The standard InChI is InChI=1S/C12H12BrF2NOS/c13-9-3-1-2-8(4-9)12(11(14)15)7-17-5-10(6-18)16-12/h1-4,6,10-11,16H,5,7H2. The number of halogens is 3. The number of morpholine rings is 1. The zero-order valence-electron chi connectivity index (χ0n) is 9.41. The normalized spacial score (nSPS) is 28.3. The van der Waals surface area contributed by atoms with E-state index in [9.17, 15) is 8.78 Å². The second-order valence-corrected chi connectivity index (χ2v) is 5.37. The van der Waals surface area contributed by atoms with Gasteiger partial charge in [-0.15, -0.1) is 0 Å². The summed E-state index contributed by atoms with van der Waals surface area (Å²) in [5.41, 5.74) is -1.00. The Labute approximate surface area is 118 Å². The molecule has 1 aromatic rings. The first-order valence-electron chi connectivity index (χ1n) is 5.43. The lowest BCUT2D eigenvalue weighted by Crippen LogP contribution is -2.61. The maximum absolute atomic E-state index is 13.5. The highest BCUT2D eigenvalue weighted by molar-refractivity contribution is 9.10. The van der Waals surface area contributed by atoms with E-state index in [4.69, 9.17) is 17.0 Å². The summed E-state index contributed by atoms with van der Waals surface area (Å²) in [5, 5.41) is 4.33. The quantitative estimate of drug-likeness (QED) is 0.858. The van der Waals surface area contributed by atoms with Crippen LogP contribution in [0.5, 0.6) is 0 Å². The van der Waals surface area contributed by atoms with Gasteiger partial charge in [-0.2, -0.15) is 0 Å². The Morgan fingerprint density at radius 3 is 2.94 bits per heavy atom. The van der Waals surface area contributed by atoms with E-state index in [0.717, 1.165) is 4.47 Å². The van der Waals surface area contributed by atoms with Crippen LogP contribution in [-0.4, -0.2) is 31.0 Å². The summed E-state index contributed by atoms with van der Waals surface area (Å²) < 4.78 is 33.0. The van der Waals surface area contributed by atoms with E-state index in [0.29, 0.717) is 12.2 Å². The van der Waals surface area contributed by atoms with Crippen LogP contribution in [0.2, 0.25) is 0 Å². The van der Waals surface area contributed by atoms with Crippen molar-refractivity contribution in [2.24, 2.45) is 0 Å². The lowest BCUT2D eigenvalue weighted by Gasteiger charge is -2.40. The average Bonchev–Trinajstić information content (AvgIpc) is 2.38. The Hall–Kier alpha value is -0.430. The Bertz CT molecular complexity index is 446. The fourth-order valence-corrected chi connectivity index (χ4v) is 2.56. The monoisotopic (exact) mass is 335 g/mol. The Morgan fingerprint density at radius 1 is 1.56 bits per heavy atom. The van der Waals surface area contributed by atoms with Gasteiger partial charge in [0.05, 0.1) is 19.3 Å². The van der Waals surface area contributed by atoms with E-state index in [-0.39, 0.29) is 12.6 Å². The molecule has 1 N–H and O–H groups in total. The number of thiocarbonyl (C=S) groups is 1. The molecule has 98 valence electrons. The highest BCUT2D eigenvalue weighted by atomic mass is 79.9. The van der Waals surface area contributed by atoms with E-state index in [1.807, 2.05) is 0 Å². The minimum atomic E-state index is -2.58. The van der Waals surface area contributed by atoms with Gasteiger partial charge in [-0.1, -0.05) is 40.3 Å². The molecular weight excluding hydrogens is 324 g/mol. The Morgan fingerprint density at radius 2 is 2.33 bits per heavy atom. The lowest BCUT2D eigenvalue weighted by molar-refractivity contribution is -0.0696. The molecule has 1 heterocycles. The van der Waals surface area contributed by atoms with Gasteiger partial charge in [0, 0.05) is 4.47 Å². The van der Waals surface area contributed by atoms with Gasteiger partial charge in [0.2, 0.25) is 0 Å². The summed E-state index contributed by atoms with van der Waals surface area (Å²) in [7, 11) is 0. The van der Waals surface area contributed by atoms with Crippen molar-refractivity contribution in [1.82, 2.24) is 5.32 Å². The molecule has 0 saturated carbocycles. The zero-order chi connectivity index (χ0) is 13.2. The van der Waals surface area contributed by atoms with Crippen molar-refractivity contribution in [2.75, 3.05) is 13.2 Å². The molecule has 1 fully saturated rings. The molecule has 1 aromatic carbocycles. The molecule has 2 nitrogen and oxygen atoms in total. The van der Waals surface area contributed by atoms with Gasteiger partial charge in [-0.25, -0.2) is 8.78 Å². The van der Waals surface area contributed by atoms with Gasteiger partial charge in [0.1, 0.15) is 5.54 Å². The molecule has 2 atom stereocenters. The van der Waals surface area contributed by atoms with Gasteiger partial charge in [0.15, 0.2) is 0 Å². The van der Waals surface area contributed by atoms with Gasteiger partial charge in [0.25, 0.3) is 6.43 Å². The van der Waals surface area contributed by atoms with Crippen molar-refractivity contribution in [3.63, 3.8) is 0 Å². The summed E-state index contributed by atoms with van der Waals surface area (Å²) in [4.78, 5) is 0. The van der Waals surface area contributed by atoms with Gasteiger partial charge >= 0.3 is 0 Å². The molecule has 0 aliphatic carbocycles. The van der Waals surface area contributed by atoms with Crippen LogP contribution < -0.4 is 5.32 Å². The summed E-state index contributed by atoms with van der Waals surface area (Å²) in [6.45, 7) is 0.257. The summed E-state index contributed by atoms with van der Waals surface area (Å²) in [5.74, 6) is 0. The number of nitrogens with one attached hydrogen (secondary N) is 1. The third kappa shape index (κ3) is 2.61. The van der Waals surface area contributed by atoms with Crippen molar-refractivity contribution in [3.8, 4) is 0 Å². The van der Waals surface area contributed by atoms with Crippen LogP contribution in [0.4, 0.5) is 8.78 Å². The Balaban J connectivity index is 2.40. The first-order chi connectivity index (χ1) is 8.58. The number of hydrogen-bond donors (Lipinski definition) is 1. The SMILES string of the molecule is FC(F)C1(c2cccc(Br)c2)COCC(C=S)N1. The number of hydrogen-bond acceptors (Lipinski definition) is 3. The molecule has 0 radical (unpaired) electrons. The first kappa shape index (κ1) is 14.0. The van der Waals surface area contributed by atoms with Crippen molar-refractivity contribution in [1.29, 1.82) is 0 Å². The predicted octanol–water partition coefficient (Wildman–Crippen LogP) is 2.90. The molecule has 2 rings (SSSR count). The summed E-state index contributed by atoms with van der Waals surface area (Å²) in [6.07, 6.45) is -2.58. The van der Waals surface area contributed by atoms with E-state index in [1.54, 1.807) is 24.3 Å². The van der Waals surface area contributed by atoms with Crippen LogP contribution in [-0.2, 0) is 10.3 Å². The minimum Gasteiger partial charge on any atom is -0.377 e. The third-order valence-electron chi connectivity index (χ3n) is 2.95. The van der Waals surface area contributed by atoms with E-state index < -0.39 is 12.0 Å². The molecule has 0 amide bonds. The van der Waals surface area contributed by atoms with Crippen LogP contribution in [0.25, 0.3) is 0 Å². The van der Waals surface area contributed by atoms with Gasteiger partial charge < -0.3 is 4.74 Å². The molecule has 1 saturated heterocycles. The summed E-state index contributed by atoms with van der Waals surface area (Å²) >= 11 is 8.11. The number of alkyl halides is 2. The molecule has 0 bridgehead atoms. The van der Waals surface area contributed by atoms with E-state index in [1.165, 1.54) is 5.37 Å². The molecule has 1 aliphatic rings. The largest absolute Gasteiger partial charge is 0.377 e. The van der Waals surface area contributed by atoms with Crippen molar-refractivity contribution >= 4 is 33.5 Å². The average molecular weight is 336 g/mol. The van der Waals surface area contributed by atoms with Gasteiger partial charge in [-0.05, 0) is 23.1 Å². The van der Waals surface area contributed by atoms with E-state index >= 15 is 0 Å². The molecule has 0 spiro atoms. The topological polar surface area (TPSA) is 21.3 Å². The van der Waals surface area contributed by atoms with Crippen LogP contribution in [0, 0.1) is 0 Å². The maximum Gasteiger partial charge on any atom is 0.262 e. The highest BCUT2D eigenvalue weighted by Crippen LogP contribution is 2.33. The molecule has 1 aliphatic heterocycles. The first-order valence-corrected chi connectivity index (χ1v) is 6.70. The second-order valence-electron chi connectivity index (χ2n) is 4.18. The van der Waals surface area contributed by atoms with Gasteiger partial charge in [-0.3, -0.25) is 5.32 Å². The fraction of sp³-hybridized carbons (Fsp3) is 0.417. The molecule has 0 aromatic heterocycles. The van der Waals surface area contributed by atoms with E-state index in [2.05, 4.69) is 21.2 Å². The number of ether oxygens (including phenoxy) is 1. The molecule has 18 heavy (non-hydrogen) atoms. The van der Waals surface area contributed by atoms with Crippen molar-refractivity contribution < 1.29 is 13.5 Å². The van der Waals surface area contributed by atoms with Crippen molar-refractivity contribution in [3.05, 3.63) is 34.3 Å². The zero-order valence-corrected chi connectivity index (χ0v) is 11.8. The third-order valence-corrected chi connectivity index (χ3v) is 3.77. The molecule has 6 heteroatoms.